The van der Waals surface area contributed by atoms with Gasteiger partial charge in [-0.1, -0.05) is 0 Å². The number of hydrogen-bond acceptors (Lipinski definition) is 4. The monoisotopic (exact) mass is 288 g/mol. The third kappa shape index (κ3) is 4.51. The Kier molecular flexibility index (Phi) is 4.19. The molecule has 0 aliphatic carbocycles. The minimum Gasteiger partial charge on any atom is -0.442 e. The molecule has 0 heterocycles. The number of nitrogens with two attached hydrogens (primary N) is 1. The van der Waals surface area contributed by atoms with Crippen molar-refractivity contribution in [2.24, 2.45) is 4.36 Å². The van der Waals surface area contributed by atoms with Crippen LogP contribution in [0.3, 0.4) is 0 Å². The summed E-state index contributed by atoms with van der Waals surface area (Å²) in [6.07, 6.45) is 0.163. The first-order chi connectivity index (χ1) is 8.51. The highest BCUT2D eigenvalue weighted by molar-refractivity contribution is 7.93. The first kappa shape index (κ1) is 15.4. The smallest absolute Gasteiger partial charge is 0.442 e. The number of nitrogen functional groups attached to an aromatic ring is 1. The van der Waals surface area contributed by atoms with Crippen molar-refractivity contribution in [1.29, 1.82) is 0 Å². The summed E-state index contributed by atoms with van der Waals surface area (Å²) >= 11 is 0. The van der Waals surface area contributed by atoms with E-state index in [2.05, 4.69) is 4.36 Å². The maximum atomic E-state index is 13.6. The van der Waals surface area contributed by atoms with Crippen LogP contribution in [0.1, 0.15) is 20.8 Å². The third-order valence-corrected chi connectivity index (χ3v) is 3.63. The van der Waals surface area contributed by atoms with E-state index >= 15 is 0 Å². The van der Waals surface area contributed by atoms with Crippen LogP contribution in [0.25, 0.3) is 0 Å². The Morgan fingerprint density at radius 1 is 1.42 bits per heavy atom. The molecule has 0 bridgehead atoms. The Bertz CT molecular complexity index is 614. The van der Waals surface area contributed by atoms with Crippen molar-refractivity contribution in [1.82, 2.24) is 0 Å². The fraction of sp³-hybridized carbons (Fsp3) is 0.417. The zero-order chi connectivity index (χ0) is 14.8. The van der Waals surface area contributed by atoms with E-state index in [1.54, 1.807) is 20.8 Å². The number of hydrogen-bond donors (Lipinski definition) is 1. The van der Waals surface area contributed by atoms with Crippen molar-refractivity contribution in [3.05, 3.63) is 24.0 Å². The second-order valence-electron chi connectivity index (χ2n) is 5.06. The summed E-state index contributed by atoms with van der Waals surface area (Å²) < 4.78 is 34.3. The second-order valence-corrected chi connectivity index (χ2v) is 7.29. The van der Waals surface area contributed by atoms with E-state index in [0.717, 1.165) is 12.3 Å². The molecule has 0 spiro atoms. The van der Waals surface area contributed by atoms with E-state index in [4.69, 9.17) is 10.5 Å². The molecule has 0 aliphatic rings. The van der Waals surface area contributed by atoms with Crippen LogP contribution in [-0.2, 0) is 14.5 Å². The fourth-order valence-corrected chi connectivity index (χ4v) is 2.49. The van der Waals surface area contributed by atoms with Gasteiger partial charge in [-0.15, -0.1) is 4.36 Å². The minimum atomic E-state index is -3.24. The molecule has 0 unspecified atom stereocenters. The molecule has 1 atom stereocenters. The summed E-state index contributed by atoms with van der Waals surface area (Å²) in [7, 11) is -3.24. The molecule has 0 saturated carbocycles. The molecule has 1 amide bonds. The van der Waals surface area contributed by atoms with Gasteiger partial charge in [-0.25, -0.2) is 13.4 Å². The quantitative estimate of drug-likeness (QED) is 0.806. The van der Waals surface area contributed by atoms with Crippen LogP contribution in [0.5, 0.6) is 0 Å². The van der Waals surface area contributed by atoms with E-state index < -0.39 is 27.2 Å². The normalized spacial score (nSPS) is 14.6. The van der Waals surface area contributed by atoms with Gasteiger partial charge in [0.25, 0.3) is 0 Å². The molecule has 1 rings (SSSR count). The van der Waals surface area contributed by atoms with Crippen molar-refractivity contribution in [3.8, 4) is 0 Å². The van der Waals surface area contributed by atoms with Gasteiger partial charge in [0, 0.05) is 11.9 Å². The molecule has 1 aromatic carbocycles. The zero-order valence-electron chi connectivity index (χ0n) is 11.3. The molecule has 5 nitrogen and oxygen atoms in total. The maximum absolute atomic E-state index is 13.6. The average Bonchev–Trinajstić information content (AvgIpc) is 2.17. The highest BCUT2D eigenvalue weighted by Gasteiger charge is 2.19. The number of rotatable bonds is 1. The van der Waals surface area contributed by atoms with E-state index in [1.165, 1.54) is 12.1 Å². The molecule has 106 valence electrons. The molecule has 0 aliphatic heterocycles. The van der Waals surface area contributed by atoms with Crippen LogP contribution in [0.2, 0.25) is 0 Å². The third-order valence-electron chi connectivity index (χ3n) is 2.01. The molecule has 0 fully saturated rings. The first-order valence-corrected chi connectivity index (χ1v) is 7.44. The fourth-order valence-electron chi connectivity index (χ4n) is 1.28. The summed E-state index contributed by atoms with van der Waals surface area (Å²) in [6.45, 7) is 4.96. The second kappa shape index (κ2) is 5.16. The summed E-state index contributed by atoms with van der Waals surface area (Å²) in [4.78, 5) is 11.3. The molecule has 2 N–H and O–H groups in total. The van der Waals surface area contributed by atoms with Gasteiger partial charge >= 0.3 is 6.09 Å². The number of ether oxygens (including phenoxy) is 1. The van der Waals surface area contributed by atoms with Gasteiger partial charge in [-0.05, 0) is 39.0 Å². The number of anilines is 1. The van der Waals surface area contributed by atoms with Crippen molar-refractivity contribution in [2.45, 2.75) is 31.3 Å². The summed E-state index contributed by atoms with van der Waals surface area (Å²) in [6, 6.07) is 3.62. The van der Waals surface area contributed by atoms with E-state index in [-0.39, 0.29) is 10.6 Å². The Hall–Kier alpha value is -1.63. The molecular weight excluding hydrogens is 271 g/mol. The molecule has 1 aromatic rings. The predicted octanol–water partition coefficient (Wildman–Crippen LogP) is 2.80. The number of carbonyl (C=O) groups excluding carboxylic acids is 1. The number of benzene rings is 1. The Morgan fingerprint density at radius 2 is 2.00 bits per heavy atom. The Balaban J connectivity index is 3.20. The van der Waals surface area contributed by atoms with E-state index in [9.17, 15) is 13.4 Å². The van der Waals surface area contributed by atoms with Crippen LogP contribution in [0.15, 0.2) is 27.5 Å². The van der Waals surface area contributed by atoms with Crippen LogP contribution < -0.4 is 5.73 Å². The Labute approximate surface area is 112 Å². The van der Waals surface area contributed by atoms with Gasteiger partial charge in [0.15, 0.2) is 0 Å². The van der Waals surface area contributed by atoms with Gasteiger partial charge in [-0.2, -0.15) is 0 Å². The lowest BCUT2D eigenvalue weighted by Gasteiger charge is -2.17. The number of carbonyl (C=O) groups is 1. The van der Waals surface area contributed by atoms with Gasteiger partial charge in [0.1, 0.15) is 11.4 Å². The largest absolute Gasteiger partial charge is 0.442 e. The molecule has 0 saturated heterocycles. The number of nitrogens with zero attached hydrogens (tertiary/aromatic N) is 1. The topological polar surface area (TPSA) is 81.8 Å². The van der Waals surface area contributed by atoms with Gasteiger partial charge in [0.2, 0.25) is 0 Å². The lowest BCUT2D eigenvalue weighted by atomic mass is 10.2. The highest BCUT2D eigenvalue weighted by atomic mass is 32.2. The summed E-state index contributed by atoms with van der Waals surface area (Å²) in [5.74, 6) is -0.728. The SMILES string of the molecule is CC(C)(C)OC(=O)N=[S@](C)(=O)c1cc(N)ccc1F. The van der Waals surface area contributed by atoms with Crippen LogP contribution >= 0.6 is 0 Å². The van der Waals surface area contributed by atoms with E-state index in [0.29, 0.717) is 0 Å². The van der Waals surface area contributed by atoms with Crippen LogP contribution in [0, 0.1) is 5.82 Å². The minimum absolute atomic E-state index is 0.210. The summed E-state index contributed by atoms with van der Waals surface area (Å²) in [5.41, 5.74) is 4.99. The predicted molar refractivity (Wildman–Crippen MR) is 71.8 cm³/mol. The number of amides is 1. The molecule has 19 heavy (non-hydrogen) atoms. The maximum Gasteiger partial charge on any atom is 0.442 e. The summed E-state index contributed by atoms with van der Waals surface area (Å²) in [5, 5.41) is 0. The first-order valence-electron chi connectivity index (χ1n) is 5.51. The lowest BCUT2D eigenvalue weighted by Crippen LogP contribution is -2.22. The van der Waals surface area contributed by atoms with Crippen LogP contribution in [-0.4, -0.2) is 22.2 Å². The van der Waals surface area contributed by atoms with Gasteiger partial charge in [-0.3, -0.25) is 0 Å². The van der Waals surface area contributed by atoms with E-state index in [1.807, 2.05) is 0 Å². The molecule has 0 radical (unpaired) electrons. The number of halogens is 1. The zero-order valence-corrected chi connectivity index (χ0v) is 12.1. The lowest BCUT2D eigenvalue weighted by molar-refractivity contribution is 0.0607. The van der Waals surface area contributed by atoms with Crippen molar-refractivity contribution in [2.75, 3.05) is 12.0 Å². The van der Waals surface area contributed by atoms with Gasteiger partial charge in [0.05, 0.1) is 14.6 Å². The van der Waals surface area contributed by atoms with Crippen LogP contribution in [0.4, 0.5) is 14.9 Å². The van der Waals surface area contributed by atoms with Crippen molar-refractivity contribution in [3.63, 3.8) is 0 Å². The standard InChI is InChI=1S/C12H17FN2O3S/c1-12(2,3)18-11(16)15-19(4,17)10-7-8(14)5-6-9(10)13/h5-7H,14H2,1-4H3/t19-/m1/s1. The molecule has 7 heteroatoms. The molecule has 0 aromatic heterocycles. The highest BCUT2D eigenvalue weighted by Crippen LogP contribution is 2.20. The van der Waals surface area contributed by atoms with Crippen molar-refractivity contribution >= 4 is 21.5 Å². The molecular formula is C12H17FN2O3S. The van der Waals surface area contributed by atoms with Gasteiger partial charge < -0.3 is 10.5 Å². The Morgan fingerprint density at radius 3 is 2.53 bits per heavy atom. The van der Waals surface area contributed by atoms with Crippen molar-refractivity contribution < 1.29 is 18.1 Å². The average molecular weight is 288 g/mol.